The average molecular weight is 351 g/mol. The van der Waals surface area contributed by atoms with Gasteiger partial charge in [-0.2, -0.15) is 0 Å². The second kappa shape index (κ2) is 10.6. The molecule has 0 fully saturated rings. The van der Waals surface area contributed by atoms with Gasteiger partial charge in [0.2, 0.25) is 11.8 Å². The topological polar surface area (TPSA) is 79.9 Å². The Kier molecular flexibility index (Phi) is 8.77. The van der Waals surface area contributed by atoms with Gasteiger partial charge in [-0.15, -0.1) is 0 Å². The van der Waals surface area contributed by atoms with E-state index >= 15 is 0 Å². The van der Waals surface area contributed by atoms with Crippen molar-refractivity contribution < 1.29 is 19.1 Å². The van der Waals surface area contributed by atoms with E-state index in [0.717, 1.165) is 5.56 Å². The van der Waals surface area contributed by atoms with E-state index in [1.807, 2.05) is 39.0 Å². The summed E-state index contributed by atoms with van der Waals surface area (Å²) in [4.78, 5) is 25.8. The molecule has 0 bridgehead atoms. The molecule has 0 spiro atoms. The smallest absolute Gasteiger partial charge is 0.234 e. The summed E-state index contributed by atoms with van der Waals surface area (Å²) < 4.78 is 10.6. The zero-order valence-electron chi connectivity index (χ0n) is 15.7. The number of methoxy groups -OCH3 is 2. The molecular formula is C18H29N3O4. The highest BCUT2D eigenvalue weighted by atomic mass is 16.5. The van der Waals surface area contributed by atoms with Gasteiger partial charge in [0.25, 0.3) is 0 Å². The normalized spacial score (nSPS) is 11.8. The number of benzene rings is 1. The number of ether oxygens (including phenoxy) is 2. The van der Waals surface area contributed by atoms with Crippen molar-refractivity contribution in [2.24, 2.45) is 0 Å². The van der Waals surface area contributed by atoms with Crippen LogP contribution in [-0.2, 0) is 9.59 Å². The maximum absolute atomic E-state index is 12.3. The van der Waals surface area contributed by atoms with Gasteiger partial charge in [0, 0.05) is 12.1 Å². The number of hydrogen-bond acceptors (Lipinski definition) is 5. The van der Waals surface area contributed by atoms with E-state index in [-0.39, 0.29) is 30.9 Å². The zero-order chi connectivity index (χ0) is 18.8. The Labute approximate surface area is 149 Å². The molecular weight excluding hydrogens is 322 g/mol. The van der Waals surface area contributed by atoms with Gasteiger partial charge >= 0.3 is 0 Å². The molecule has 1 aromatic carbocycles. The second-order valence-electron chi connectivity index (χ2n) is 5.65. The Balaban J connectivity index is 2.71. The molecule has 0 aliphatic heterocycles. The van der Waals surface area contributed by atoms with Gasteiger partial charge in [0.15, 0.2) is 0 Å². The number of carbonyl (C=O) groups excluding carboxylic acids is 2. The standard InChI is InChI=1S/C18H29N3O4/c1-6-19-17(22)11-21(7-2)12-18(23)20-13(3)15-10-14(24-4)8-9-16(15)25-5/h8-10,13H,6-7,11-12H2,1-5H3,(H,19,22)(H,20,23)/t13-/m0/s1. The van der Waals surface area contributed by atoms with Crippen LogP contribution in [0.5, 0.6) is 11.5 Å². The van der Waals surface area contributed by atoms with Crippen molar-refractivity contribution in [2.45, 2.75) is 26.8 Å². The van der Waals surface area contributed by atoms with E-state index in [1.165, 1.54) is 0 Å². The Bertz CT molecular complexity index is 577. The molecule has 1 rings (SSSR count). The van der Waals surface area contributed by atoms with E-state index in [9.17, 15) is 9.59 Å². The van der Waals surface area contributed by atoms with Crippen molar-refractivity contribution in [3.05, 3.63) is 23.8 Å². The fourth-order valence-corrected chi connectivity index (χ4v) is 2.48. The first kappa shape index (κ1) is 20.8. The molecule has 0 unspecified atom stereocenters. The monoisotopic (exact) mass is 351 g/mol. The van der Waals surface area contributed by atoms with E-state index in [0.29, 0.717) is 24.6 Å². The summed E-state index contributed by atoms with van der Waals surface area (Å²) in [5.41, 5.74) is 0.835. The van der Waals surface area contributed by atoms with Crippen LogP contribution in [0.25, 0.3) is 0 Å². The van der Waals surface area contributed by atoms with Crippen LogP contribution < -0.4 is 20.1 Å². The molecule has 2 N–H and O–H groups in total. The van der Waals surface area contributed by atoms with Crippen molar-refractivity contribution in [2.75, 3.05) is 40.4 Å². The molecule has 1 aromatic rings. The van der Waals surface area contributed by atoms with Gasteiger partial charge in [-0.3, -0.25) is 14.5 Å². The molecule has 1 atom stereocenters. The lowest BCUT2D eigenvalue weighted by molar-refractivity contribution is -0.125. The maximum Gasteiger partial charge on any atom is 0.234 e. The summed E-state index contributed by atoms with van der Waals surface area (Å²) in [6.45, 7) is 7.22. The van der Waals surface area contributed by atoms with Crippen molar-refractivity contribution in [3.8, 4) is 11.5 Å². The number of amides is 2. The van der Waals surface area contributed by atoms with Crippen LogP contribution in [-0.4, -0.2) is 57.1 Å². The summed E-state index contributed by atoms with van der Waals surface area (Å²) in [6, 6.07) is 5.21. The van der Waals surface area contributed by atoms with Crippen LogP contribution in [0.1, 0.15) is 32.4 Å². The Morgan fingerprint density at radius 3 is 2.36 bits per heavy atom. The Hall–Kier alpha value is -2.28. The molecule has 0 aliphatic rings. The third kappa shape index (κ3) is 6.62. The Morgan fingerprint density at radius 1 is 1.12 bits per heavy atom. The number of nitrogens with one attached hydrogen (secondary N) is 2. The van der Waals surface area contributed by atoms with Crippen LogP contribution in [0.15, 0.2) is 18.2 Å². The molecule has 0 aliphatic carbocycles. The third-order valence-corrected chi connectivity index (χ3v) is 3.84. The van der Waals surface area contributed by atoms with Gasteiger partial charge in [0.1, 0.15) is 11.5 Å². The summed E-state index contributed by atoms with van der Waals surface area (Å²) in [5, 5.41) is 5.68. The maximum atomic E-state index is 12.3. The predicted octanol–water partition coefficient (Wildman–Crippen LogP) is 1.34. The first-order valence-corrected chi connectivity index (χ1v) is 8.45. The molecule has 7 heteroatoms. The summed E-state index contributed by atoms with van der Waals surface area (Å²) in [5.74, 6) is 1.15. The fourth-order valence-electron chi connectivity index (χ4n) is 2.48. The minimum atomic E-state index is -0.249. The Morgan fingerprint density at radius 2 is 1.80 bits per heavy atom. The molecule has 0 saturated heterocycles. The largest absolute Gasteiger partial charge is 0.497 e. The van der Waals surface area contributed by atoms with E-state index in [1.54, 1.807) is 19.1 Å². The SMILES string of the molecule is CCNC(=O)CN(CC)CC(=O)N[C@@H](C)c1cc(OC)ccc1OC. The van der Waals surface area contributed by atoms with Crippen molar-refractivity contribution in [1.29, 1.82) is 0 Å². The summed E-state index contributed by atoms with van der Waals surface area (Å²) >= 11 is 0. The number of carbonyl (C=O) groups is 2. The molecule has 25 heavy (non-hydrogen) atoms. The van der Waals surface area contributed by atoms with Gasteiger partial charge < -0.3 is 20.1 Å². The predicted molar refractivity (Wildman–Crippen MR) is 96.9 cm³/mol. The van der Waals surface area contributed by atoms with E-state index < -0.39 is 0 Å². The van der Waals surface area contributed by atoms with Crippen LogP contribution in [0.3, 0.4) is 0 Å². The zero-order valence-corrected chi connectivity index (χ0v) is 15.7. The molecule has 0 heterocycles. The van der Waals surface area contributed by atoms with Gasteiger partial charge in [-0.25, -0.2) is 0 Å². The summed E-state index contributed by atoms with van der Waals surface area (Å²) in [7, 11) is 3.18. The van der Waals surface area contributed by atoms with Crippen LogP contribution >= 0.6 is 0 Å². The lowest BCUT2D eigenvalue weighted by atomic mass is 10.1. The number of likely N-dealkylation sites (N-methyl/N-ethyl adjacent to an activating group) is 2. The molecule has 0 radical (unpaired) electrons. The molecule has 2 amide bonds. The highest BCUT2D eigenvalue weighted by Crippen LogP contribution is 2.29. The van der Waals surface area contributed by atoms with E-state index in [4.69, 9.17) is 9.47 Å². The first-order valence-electron chi connectivity index (χ1n) is 8.45. The highest BCUT2D eigenvalue weighted by Gasteiger charge is 2.18. The minimum Gasteiger partial charge on any atom is -0.497 e. The van der Waals surface area contributed by atoms with E-state index in [2.05, 4.69) is 10.6 Å². The van der Waals surface area contributed by atoms with Crippen molar-refractivity contribution in [1.82, 2.24) is 15.5 Å². The minimum absolute atomic E-state index is 0.0836. The second-order valence-corrected chi connectivity index (χ2v) is 5.65. The fraction of sp³-hybridized carbons (Fsp3) is 0.556. The lowest BCUT2D eigenvalue weighted by Gasteiger charge is -2.22. The highest BCUT2D eigenvalue weighted by molar-refractivity contribution is 5.81. The summed E-state index contributed by atoms with van der Waals surface area (Å²) in [6.07, 6.45) is 0. The number of rotatable bonds is 10. The van der Waals surface area contributed by atoms with Crippen molar-refractivity contribution >= 4 is 11.8 Å². The molecule has 0 aromatic heterocycles. The number of nitrogens with zero attached hydrogens (tertiary/aromatic N) is 1. The number of hydrogen-bond donors (Lipinski definition) is 2. The van der Waals surface area contributed by atoms with Crippen molar-refractivity contribution in [3.63, 3.8) is 0 Å². The van der Waals surface area contributed by atoms with Crippen LogP contribution in [0, 0.1) is 0 Å². The molecule has 7 nitrogen and oxygen atoms in total. The van der Waals surface area contributed by atoms with Crippen LogP contribution in [0.4, 0.5) is 0 Å². The molecule has 0 saturated carbocycles. The van der Waals surface area contributed by atoms with Gasteiger partial charge in [-0.1, -0.05) is 6.92 Å². The molecule has 140 valence electrons. The average Bonchev–Trinajstić information content (AvgIpc) is 2.60. The third-order valence-electron chi connectivity index (χ3n) is 3.84. The van der Waals surface area contributed by atoms with Crippen LogP contribution in [0.2, 0.25) is 0 Å². The first-order chi connectivity index (χ1) is 11.9. The lowest BCUT2D eigenvalue weighted by Crippen LogP contribution is -2.43. The quantitative estimate of drug-likeness (QED) is 0.665. The van der Waals surface area contributed by atoms with Gasteiger partial charge in [-0.05, 0) is 38.6 Å². The van der Waals surface area contributed by atoms with Gasteiger partial charge in [0.05, 0.1) is 33.4 Å².